The third kappa shape index (κ3) is 2.85. The molecule has 1 N–H and O–H groups in total. The monoisotopic (exact) mass is 430 g/mol. The van der Waals surface area contributed by atoms with Gasteiger partial charge in [-0.3, -0.25) is 4.79 Å². The summed E-state index contributed by atoms with van der Waals surface area (Å²) < 4.78 is 11.5. The van der Waals surface area contributed by atoms with Crippen LogP contribution in [-0.2, 0) is 14.3 Å². The topological polar surface area (TPSA) is 55.8 Å². The predicted octanol–water partition coefficient (Wildman–Crippen LogP) is 5.84. The fourth-order valence-corrected chi connectivity index (χ4v) is 10.1. The van der Waals surface area contributed by atoms with E-state index in [9.17, 15) is 9.90 Å². The van der Waals surface area contributed by atoms with Crippen molar-refractivity contribution in [1.29, 1.82) is 0 Å². The van der Waals surface area contributed by atoms with Gasteiger partial charge in [0.25, 0.3) is 6.29 Å². The number of carbonyl (C=O) groups is 1. The molecule has 0 spiro atoms. The lowest BCUT2D eigenvalue weighted by molar-refractivity contribution is -0.230. The number of ether oxygens (including phenoxy) is 2. The summed E-state index contributed by atoms with van der Waals surface area (Å²) >= 11 is 0. The maximum absolute atomic E-state index is 11.8. The Labute approximate surface area is 188 Å². The lowest BCUT2D eigenvalue weighted by Crippen LogP contribution is -2.64. The average molecular weight is 431 g/mol. The Morgan fingerprint density at radius 2 is 1.61 bits per heavy atom. The molecule has 9 atom stereocenters. The van der Waals surface area contributed by atoms with Gasteiger partial charge in [0.15, 0.2) is 0 Å². The molecule has 4 aliphatic carbocycles. The standard InChI is InChI=1S/C27H42O4/c1-16(28)31-23-22-17(15-30-23)18(29)14-21-26(5)12-8-19-24(2,3)10-7-11-25(19,4)20(26)9-13-27(21,22)6/h15,18-23,29H,7-14H2,1-6H3/t18-,19-,20+,21-,22+,23-,25-,26+,27-/m0/s1. The minimum atomic E-state index is -0.587. The van der Waals surface area contributed by atoms with E-state index in [2.05, 4.69) is 34.6 Å². The van der Waals surface area contributed by atoms with Crippen molar-refractivity contribution in [3.05, 3.63) is 11.8 Å². The van der Waals surface area contributed by atoms with Gasteiger partial charge in [0.05, 0.1) is 18.3 Å². The minimum absolute atomic E-state index is 0.0136. The van der Waals surface area contributed by atoms with Crippen LogP contribution in [0.15, 0.2) is 11.8 Å². The number of fused-ring (bicyclic) bond motifs is 7. The molecule has 0 bridgehead atoms. The highest BCUT2D eigenvalue weighted by molar-refractivity contribution is 5.66. The Morgan fingerprint density at radius 3 is 2.32 bits per heavy atom. The van der Waals surface area contributed by atoms with Gasteiger partial charge in [0, 0.05) is 12.5 Å². The SMILES string of the molecule is CC(=O)O[C@@H]1OC=C2[C@H]1[C@@]1(C)CC[C@H]3[C@@](C)(CC[C@H]4C(C)(C)CCC[C@]34C)[C@@H]1C[C@@H]2O. The number of hydrogen-bond acceptors (Lipinski definition) is 4. The van der Waals surface area contributed by atoms with Crippen LogP contribution < -0.4 is 0 Å². The van der Waals surface area contributed by atoms with E-state index >= 15 is 0 Å². The molecule has 0 aromatic rings. The van der Waals surface area contributed by atoms with E-state index in [4.69, 9.17) is 9.47 Å². The highest BCUT2D eigenvalue weighted by Crippen LogP contribution is 2.74. The minimum Gasteiger partial charge on any atom is -0.462 e. The first-order valence-electron chi connectivity index (χ1n) is 12.6. The van der Waals surface area contributed by atoms with Crippen LogP contribution in [0.3, 0.4) is 0 Å². The lowest BCUT2D eigenvalue weighted by Gasteiger charge is -2.70. The van der Waals surface area contributed by atoms with Crippen LogP contribution in [0.5, 0.6) is 0 Å². The molecule has 5 aliphatic rings. The normalized spacial score (nSPS) is 52.5. The lowest BCUT2D eigenvalue weighted by atomic mass is 9.35. The Bertz CT molecular complexity index is 801. The number of esters is 1. The third-order valence-corrected chi connectivity index (χ3v) is 11.2. The molecule has 1 heterocycles. The van der Waals surface area contributed by atoms with E-state index in [0.29, 0.717) is 22.7 Å². The summed E-state index contributed by atoms with van der Waals surface area (Å²) in [6.45, 7) is 14.0. The van der Waals surface area contributed by atoms with Crippen LogP contribution in [0.4, 0.5) is 0 Å². The van der Waals surface area contributed by atoms with Gasteiger partial charge in [-0.2, -0.15) is 0 Å². The molecule has 0 aromatic carbocycles. The summed E-state index contributed by atoms with van der Waals surface area (Å²) in [4.78, 5) is 11.8. The van der Waals surface area contributed by atoms with Gasteiger partial charge < -0.3 is 14.6 Å². The van der Waals surface area contributed by atoms with Gasteiger partial charge in [-0.1, -0.05) is 41.0 Å². The van der Waals surface area contributed by atoms with Gasteiger partial charge in [0.1, 0.15) is 0 Å². The Balaban J connectivity index is 1.53. The van der Waals surface area contributed by atoms with E-state index in [0.717, 1.165) is 24.3 Å². The first-order chi connectivity index (χ1) is 14.4. The maximum Gasteiger partial charge on any atom is 0.305 e. The van der Waals surface area contributed by atoms with Crippen molar-refractivity contribution in [1.82, 2.24) is 0 Å². The van der Waals surface area contributed by atoms with Crippen molar-refractivity contribution in [3.8, 4) is 0 Å². The Morgan fingerprint density at radius 1 is 0.968 bits per heavy atom. The van der Waals surface area contributed by atoms with Crippen LogP contribution in [0.2, 0.25) is 0 Å². The summed E-state index contributed by atoms with van der Waals surface area (Å²) in [5.41, 5.74) is 1.96. The summed E-state index contributed by atoms with van der Waals surface area (Å²) in [7, 11) is 0. The third-order valence-electron chi connectivity index (χ3n) is 11.2. The second kappa shape index (κ2) is 6.74. The molecule has 0 saturated heterocycles. The zero-order valence-corrected chi connectivity index (χ0v) is 20.4. The van der Waals surface area contributed by atoms with Crippen molar-refractivity contribution in [2.24, 2.45) is 45.3 Å². The molecule has 5 rings (SSSR count). The molecule has 0 amide bonds. The van der Waals surface area contributed by atoms with Crippen LogP contribution in [0, 0.1) is 45.3 Å². The van der Waals surface area contributed by atoms with Gasteiger partial charge in [-0.15, -0.1) is 0 Å². The molecular weight excluding hydrogens is 388 g/mol. The zero-order valence-electron chi connectivity index (χ0n) is 20.4. The van der Waals surface area contributed by atoms with Crippen molar-refractivity contribution < 1.29 is 19.4 Å². The molecule has 1 aliphatic heterocycles. The first-order valence-corrected chi connectivity index (χ1v) is 12.6. The summed E-state index contributed by atoms with van der Waals surface area (Å²) in [5.74, 6) is 1.57. The second-order valence-corrected chi connectivity index (χ2v) is 13.1. The van der Waals surface area contributed by atoms with Gasteiger partial charge in [-0.05, 0) is 84.4 Å². The number of aliphatic hydroxyl groups is 1. The predicted molar refractivity (Wildman–Crippen MR) is 120 cm³/mol. The molecule has 0 aromatic heterocycles. The average Bonchev–Trinajstić information content (AvgIpc) is 3.07. The quantitative estimate of drug-likeness (QED) is 0.531. The highest BCUT2D eigenvalue weighted by atomic mass is 16.7. The van der Waals surface area contributed by atoms with Crippen LogP contribution in [-0.4, -0.2) is 23.5 Å². The first kappa shape index (κ1) is 21.8. The number of carbonyl (C=O) groups excluding carboxylic acids is 1. The van der Waals surface area contributed by atoms with Crippen molar-refractivity contribution in [2.45, 2.75) is 105 Å². The van der Waals surface area contributed by atoms with Crippen molar-refractivity contribution in [2.75, 3.05) is 0 Å². The van der Waals surface area contributed by atoms with E-state index in [-0.39, 0.29) is 22.7 Å². The van der Waals surface area contributed by atoms with Crippen LogP contribution in [0.1, 0.15) is 92.9 Å². The summed E-state index contributed by atoms with van der Waals surface area (Å²) in [6.07, 6.45) is 10.4. The molecule has 4 heteroatoms. The van der Waals surface area contributed by atoms with Gasteiger partial charge in [0.2, 0.25) is 0 Å². The van der Waals surface area contributed by atoms with Crippen LogP contribution in [0.25, 0.3) is 0 Å². The van der Waals surface area contributed by atoms with Crippen molar-refractivity contribution in [3.63, 3.8) is 0 Å². The van der Waals surface area contributed by atoms with E-state index in [1.54, 1.807) is 6.26 Å². The molecule has 4 saturated carbocycles. The van der Waals surface area contributed by atoms with E-state index < -0.39 is 12.4 Å². The van der Waals surface area contributed by atoms with E-state index in [1.165, 1.54) is 45.4 Å². The molecular formula is C27H42O4. The molecule has 0 radical (unpaired) electrons. The smallest absolute Gasteiger partial charge is 0.305 e. The highest BCUT2D eigenvalue weighted by Gasteiger charge is 2.68. The Kier molecular flexibility index (Phi) is 4.74. The second-order valence-electron chi connectivity index (χ2n) is 13.1. The fraction of sp³-hybridized carbons (Fsp3) is 0.889. The summed E-state index contributed by atoms with van der Waals surface area (Å²) in [6, 6.07) is 0. The fourth-order valence-electron chi connectivity index (χ4n) is 10.1. The zero-order chi connectivity index (χ0) is 22.4. The molecule has 174 valence electrons. The summed E-state index contributed by atoms with van der Waals surface area (Å²) in [5, 5.41) is 11.2. The molecule has 4 fully saturated rings. The molecule has 0 unspecified atom stereocenters. The number of rotatable bonds is 1. The van der Waals surface area contributed by atoms with Gasteiger partial charge in [-0.25, -0.2) is 0 Å². The molecule has 4 nitrogen and oxygen atoms in total. The maximum atomic E-state index is 11.8. The largest absolute Gasteiger partial charge is 0.462 e. The van der Waals surface area contributed by atoms with Crippen LogP contribution >= 0.6 is 0 Å². The van der Waals surface area contributed by atoms with Gasteiger partial charge >= 0.3 is 5.97 Å². The number of aliphatic hydroxyl groups excluding tert-OH is 1. The van der Waals surface area contributed by atoms with E-state index in [1.807, 2.05) is 0 Å². The number of hydrogen-bond donors (Lipinski definition) is 1. The Hall–Kier alpha value is -1.03. The van der Waals surface area contributed by atoms with Crippen molar-refractivity contribution >= 4 is 5.97 Å². The molecule has 31 heavy (non-hydrogen) atoms.